The van der Waals surface area contributed by atoms with Crippen LogP contribution in [0.3, 0.4) is 0 Å². The normalized spacial score (nSPS) is 10.2. The molecule has 0 amide bonds. The molecule has 0 unspecified atom stereocenters. The summed E-state index contributed by atoms with van der Waals surface area (Å²) in [6, 6.07) is 13.9. The Morgan fingerprint density at radius 3 is 2.45 bits per heavy atom. The number of ether oxygens (including phenoxy) is 1. The van der Waals surface area contributed by atoms with E-state index in [-0.39, 0.29) is 0 Å². The number of thiocarbonyl (C=S) groups is 1. The second kappa shape index (κ2) is 5.92. The van der Waals surface area contributed by atoms with Crippen molar-refractivity contribution < 1.29 is 4.74 Å². The molecule has 2 aromatic carbocycles. The van der Waals surface area contributed by atoms with E-state index in [1.807, 2.05) is 37.4 Å². The third-order valence-electron chi connectivity index (χ3n) is 3.31. The van der Waals surface area contributed by atoms with Gasteiger partial charge in [0.15, 0.2) is 0 Å². The molecule has 20 heavy (non-hydrogen) atoms. The Kier molecular flexibility index (Phi) is 4.25. The SMILES string of the molecule is COc1ccc(C(N)=S)c(N(C)c2ccccc2C)c1. The fourth-order valence-corrected chi connectivity index (χ4v) is 2.37. The van der Waals surface area contributed by atoms with Crippen molar-refractivity contribution in [2.24, 2.45) is 5.73 Å². The molecular weight excluding hydrogens is 268 g/mol. The molecule has 2 rings (SSSR count). The number of methoxy groups -OCH3 is 1. The summed E-state index contributed by atoms with van der Waals surface area (Å²) in [6.45, 7) is 2.08. The Bertz CT molecular complexity index is 640. The van der Waals surface area contributed by atoms with Gasteiger partial charge in [0.2, 0.25) is 0 Å². The molecule has 0 aliphatic heterocycles. The molecule has 0 spiro atoms. The van der Waals surface area contributed by atoms with E-state index in [4.69, 9.17) is 22.7 Å². The standard InChI is InChI=1S/C16H18N2OS/c1-11-6-4-5-7-14(11)18(2)15-10-12(19-3)8-9-13(15)16(17)20/h4-10H,1-3H3,(H2,17,20). The number of hydrogen-bond acceptors (Lipinski definition) is 3. The first kappa shape index (κ1) is 14.3. The summed E-state index contributed by atoms with van der Waals surface area (Å²) >= 11 is 5.14. The van der Waals surface area contributed by atoms with Crippen molar-refractivity contribution in [1.29, 1.82) is 0 Å². The maximum absolute atomic E-state index is 5.82. The third kappa shape index (κ3) is 2.75. The molecule has 3 nitrogen and oxygen atoms in total. The topological polar surface area (TPSA) is 38.5 Å². The van der Waals surface area contributed by atoms with Crippen LogP contribution < -0.4 is 15.4 Å². The largest absolute Gasteiger partial charge is 0.497 e. The zero-order valence-corrected chi connectivity index (χ0v) is 12.7. The van der Waals surface area contributed by atoms with Crippen LogP contribution in [0.1, 0.15) is 11.1 Å². The smallest absolute Gasteiger partial charge is 0.120 e. The maximum atomic E-state index is 5.82. The molecule has 2 N–H and O–H groups in total. The predicted octanol–water partition coefficient (Wildman–Crippen LogP) is 3.41. The van der Waals surface area contributed by atoms with Crippen LogP contribution in [0.15, 0.2) is 42.5 Å². The van der Waals surface area contributed by atoms with Crippen LogP contribution in [0.4, 0.5) is 11.4 Å². The van der Waals surface area contributed by atoms with Gasteiger partial charge >= 0.3 is 0 Å². The Labute approximate surface area is 125 Å². The maximum Gasteiger partial charge on any atom is 0.120 e. The lowest BCUT2D eigenvalue weighted by Gasteiger charge is -2.24. The zero-order chi connectivity index (χ0) is 14.7. The van der Waals surface area contributed by atoms with Crippen molar-refractivity contribution in [2.45, 2.75) is 6.92 Å². The molecule has 2 aromatic rings. The number of aryl methyl sites for hydroxylation is 1. The zero-order valence-electron chi connectivity index (χ0n) is 11.9. The van der Waals surface area contributed by atoms with E-state index in [2.05, 4.69) is 24.0 Å². The lowest BCUT2D eigenvalue weighted by molar-refractivity contribution is 0.415. The number of hydrogen-bond donors (Lipinski definition) is 1. The molecular formula is C16H18N2OS. The van der Waals surface area contributed by atoms with Crippen molar-refractivity contribution in [1.82, 2.24) is 0 Å². The van der Waals surface area contributed by atoms with Crippen LogP contribution in [0, 0.1) is 6.92 Å². The molecule has 0 saturated carbocycles. The number of anilines is 2. The van der Waals surface area contributed by atoms with Gasteiger partial charge in [-0.05, 0) is 30.7 Å². The van der Waals surface area contributed by atoms with Crippen LogP contribution in [0.2, 0.25) is 0 Å². The first-order chi connectivity index (χ1) is 9.54. The van der Waals surface area contributed by atoms with E-state index in [0.717, 1.165) is 22.7 Å². The summed E-state index contributed by atoms with van der Waals surface area (Å²) < 4.78 is 5.30. The molecule has 0 fully saturated rings. The van der Waals surface area contributed by atoms with Gasteiger partial charge in [0, 0.05) is 24.4 Å². The van der Waals surface area contributed by atoms with E-state index in [9.17, 15) is 0 Å². The Morgan fingerprint density at radius 1 is 1.15 bits per heavy atom. The highest BCUT2D eigenvalue weighted by atomic mass is 32.1. The van der Waals surface area contributed by atoms with Crippen LogP contribution >= 0.6 is 12.2 Å². The van der Waals surface area contributed by atoms with Crippen molar-refractivity contribution in [3.05, 3.63) is 53.6 Å². The highest BCUT2D eigenvalue weighted by molar-refractivity contribution is 7.80. The molecule has 0 radical (unpaired) electrons. The van der Waals surface area contributed by atoms with E-state index in [1.165, 1.54) is 5.56 Å². The number of para-hydroxylation sites is 1. The summed E-state index contributed by atoms with van der Waals surface area (Å²) in [6.07, 6.45) is 0. The lowest BCUT2D eigenvalue weighted by Crippen LogP contribution is -2.18. The van der Waals surface area contributed by atoms with Gasteiger partial charge in [0.25, 0.3) is 0 Å². The van der Waals surface area contributed by atoms with Gasteiger partial charge in [-0.15, -0.1) is 0 Å². The van der Waals surface area contributed by atoms with Gasteiger partial charge in [-0.25, -0.2) is 0 Å². The van der Waals surface area contributed by atoms with E-state index >= 15 is 0 Å². The molecule has 0 saturated heterocycles. The summed E-state index contributed by atoms with van der Waals surface area (Å²) in [4.78, 5) is 2.45. The molecule has 0 aromatic heterocycles. The fraction of sp³-hybridized carbons (Fsp3) is 0.188. The molecule has 0 aliphatic rings. The molecule has 0 heterocycles. The molecule has 104 valence electrons. The molecule has 4 heteroatoms. The Hall–Kier alpha value is -2.07. The van der Waals surface area contributed by atoms with Gasteiger partial charge in [0.05, 0.1) is 12.8 Å². The average molecular weight is 286 g/mol. The molecule has 0 atom stereocenters. The minimum absolute atomic E-state index is 0.378. The van der Waals surface area contributed by atoms with E-state index in [0.29, 0.717) is 4.99 Å². The van der Waals surface area contributed by atoms with E-state index in [1.54, 1.807) is 7.11 Å². The fourth-order valence-electron chi connectivity index (χ4n) is 2.19. The molecule has 0 bridgehead atoms. The third-order valence-corrected chi connectivity index (χ3v) is 3.53. The first-order valence-electron chi connectivity index (χ1n) is 6.31. The lowest BCUT2D eigenvalue weighted by atomic mass is 10.1. The van der Waals surface area contributed by atoms with Crippen LogP contribution in [-0.4, -0.2) is 19.1 Å². The number of nitrogens with zero attached hydrogens (tertiary/aromatic N) is 1. The average Bonchev–Trinajstić information content (AvgIpc) is 2.46. The summed E-state index contributed by atoms with van der Waals surface area (Å²) in [5, 5.41) is 0. The minimum Gasteiger partial charge on any atom is -0.497 e. The molecule has 0 aliphatic carbocycles. The van der Waals surface area contributed by atoms with Crippen LogP contribution in [-0.2, 0) is 0 Å². The summed E-state index contributed by atoms with van der Waals surface area (Å²) in [5.74, 6) is 0.778. The van der Waals surface area contributed by atoms with Gasteiger partial charge < -0.3 is 15.4 Å². The summed E-state index contributed by atoms with van der Waals surface area (Å²) in [7, 11) is 3.65. The van der Waals surface area contributed by atoms with Gasteiger partial charge in [0.1, 0.15) is 10.7 Å². The second-order valence-electron chi connectivity index (χ2n) is 4.59. The number of rotatable bonds is 4. The Morgan fingerprint density at radius 2 is 1.85 bits per heavy atom. The van der Waals surface area contributed by atoms with E-state index < -0.39 is 0 Å². The van der Waals surface area contributed by atoms with Gasteiger partial charge in [-0.3, -0.25) is 0 Å². The predicted molar refractivity (Wildman–Crippen MR) is 88.1 cm³/mol. The number of benzene rings is 2. The Balaban J connectivity index is 2.55. The monoisotopic (exact) mass is 286 g/mol. The van der Waals surface area contributed by atoms with Gasteiger partial charge in [-0.2, -0.15) is 0 Å². The van der Waals surface area contributed by atoms with Crippen molar-refractivity contribution in [3.63, 3.8) is 0 Å². The second-order valence-corrected chi connectivity index (χ2v) is 5.03. The van der Waals surface area contributed by atoms with Gasteiger partial charge in [-0.1, -0.05) is 30.4 Å². The quantitative estimate of drug-likeness (QED) is 0.874. The summed E-state index contributed by atoms with van der Waals surface area (Å²) in [5.41, 5.74) is 9.90. The van der Waals surface area contributed by atoms with Crippen LogP contribution in [0.5, 0.6) is 5.75 Å². The first-order valence-corrected chi connectivity index (χ1v) is 6.72. The highest BCUT2D eigenvalue weighted by Gasteiger charge is 2.13. The van der Waals surface area contributed by atoms with Crippen molar-refractivity contribution in [3.8, 4) is 5.75 Å². The minimum atomic E-state index is 0.378. The van der Waals surface area contributed by atoms with Crippen LogP contribution in [0.25, 0.3) is 0 Å². The highest BCUT2D eigenvalue weighted by Crippen LogP contribution is 2.32. The number of nitrogens with two attached hydrogens (primary N) is 1. The van der Waals surface area contributed by atoms with Crippen molar-refractivity contribution in [2.75, 3.05) is 19.1 Å². The van der Waals surface area contributed by atoms with Crippen molar-refractivity contribution >= 4 is 28.6 Å².